The van der Waals surface area contributed by atoms with Crippen molar-refractivity contribution in [1.82, 2.24) is 4.90 Å². The lowest BCUT2D eigenvalue weighted by molar-refractivity contribution is -0.0583. The second kappa shape index (κ2) is 4.32. The van der Waals surface area contributed by atoms with Crippen molar-refractivity contribution < 1.29 is 13.2 Å². The first-order chi connectivity index (χ1) is 7.07. The van der Waals surface area contributed by atoms with Gasteiger partial charge in [0.15, 0.2) is 0 Å². The van der Waals surface area contributed by atoms with Gasteiger partial charge in [0.2, 0.25) is 5.92 Å². The van der Waals surface area contributed by atoms with Gasteiger partial charge in [0.05, 0.1) is 0 Å². The van der Waals surface area contributed by atoms with Crippen molar-refractivity contribution in [3.05, 3.63) is 0 Å². The fraction of sp³-hybridized carbons (Fsp3) is 1.00. The molecule has 1 saturated carbocycles. The van der Waals surface area contributed by atoms with Gasteiger partial charge < -0.3 is 0 Å². The van der Waals surface area contributed by atoms with Gasteiger partial charge in [0.25, 0.3) is 0 Å². The van der Waals surface area contributed by atoms with Gasteiger partial charge in [-0.1, -0.05) is 0 Å². The van der Waals surface area contributed by atoms with Crippen LogP contribution in [-0.4, -0.2) is 36.1 Å². The Kier molecular flexibility index (Phi) is 3.24. The van der Waals surface area contributed by atoms with E-state index in [1.807, 2.05) is 0 Å². The zero-order valence-corrected chi connectivity index (χ0v) is 8.89. The molecule has 0 radical (unpaired) electrons. The van der Waals surface area contributed by atoms with E-state index >= 15 is 0 Å². The Balaban J connectivity index is 1.84. The van der Waals surface area contributed by atoms with E-state index in [4.69, 9.17) is 0 Å². The molecule has 4 heteroatoms. The number of hydrogen-bond acceptors (Lipinski definition) is 1. The molecule has 2 fully saturated rings. The molecule has 0 N–H and O–H groups in total. The van der Waals surface area contributed by atoms with Crippen molar-refractivity contribution in [2.75, 3.05) is 13.1 Å². The summed E-state index contributed by atoms with van der Waals surface area (Å²) in [4.78, 5) is 2.07. The lowest BCUT2D eigenvalue weighted by Gasteiger charge is -2.39. The summed E-state index contributed by atoms with van der Waals surface area (Å²) >= 11 is 0. The molecule has 0 aromatic heterocycles. The molecule has 1 nitrogen and oxygen atoms in total. The van der Waals surface area contributed by atoms with Gasteiger partial charge in [-0.2, -0.15) is 0 Å². The third-order valence-corrected chi connectivity index (χ3v) is 3.60. The number of nitrogens with zero attached hydrogens (tertiary/aromatic N) is 1. The minimum absolute atomic E-state index is 0.0227. The molecule has 1 heterocycles. The van der Waals surface area contributed by atoms with Crippen LogP contribution in [0.15, 0.2) is 0 Å². The quantitative estimate of drug-likeness (QED) is 0.658. The highest BCUT2D eigenvalue weighted by molar-refractivity contribution is 4.86. The first-order valence-electron chi connectivity index (χ1n) is 5.83. The molecular weight excluding hydrogens is 203 g/mol. The van der Waals surface area contributed by atoms with Crippen LogP contribution >= 0.6 is 0 Å². The SMILES string of the molecule is FC1CCCN(C2CCC(F)(F)CC2)C1. The predicted octanol–water partition coefficient (Wildman–Crippen LogP) is 3.00. The molecule has 0 amide bonds. The van der Waals surface area contributed by atoms with Gasteiger partial charge in [-0.15, -0.1) is 0 Å². The molecule has 15 heavy (non-hydrogen) atoms. The van der Waals surface area contributed by atoms with Crippen LogP contribution in [0.4, 0.5) is 13.2 Å². The molecule has 1 aliphatic heterocycles. The van der Waals surface area contributed by atoms with E-state index in [1.165, 1.54) is 0 Å². The minimum Gasteiger partial charge on any atom is -0.297 e. The number of likely N-dealkylation sites (tertiary alicyclic amines) is 1. The summed E-state index contributed by atoms with van der Waals surface area (Å²) in [6, 6.07) is 0.197. The summed E-state index contributed by atoms with van der Waals surface area (Å²) in [6.45, 7) is 1.34. The minimum atomic E-state index is -2.47. The van der Waals surface area contributed by atoms with Gasteiger partial charge >= 0.3 is 0 Å². The Morgan fingerprint density at radius 3 is 2.33 bits per heavy atom. The summed E-state index contributed by atoms with van der Waals surface area (Å²) in [5.41, 5.74) is 0. The van der Waals surface area contributed by atoms with Crippen molar-refractivity contribution in [2.45, 2.75) is 56.7 Å². The summed E-state index contributed by atoms with van der Waals surface area (Å²) in [5, 5.41) is 0. The summed E-state index contributed by atoms with van der Waals surface area (Å²) in [7, 11) is 0. The monoisotopic (exact) mass is 221 g/mol. The normalized spacial score (nSPS) is 34.2. The number of hydrogen-bond donors (Lipinski definition) is 0. The number of rotatable bonds is 1. The maximum atomic E-state index is 13.2. The molecule has 2 aliphatic rings. The van der Waals surface area contributed by atoms with Crippen LogP contribution in [0.25, 0.3) is 0 Å². The maximum Gasteiger partial charge on any atom is 0.248 e. The lowest BCUT2D eigenvalue weighted by Crippen LogP contribution is -2.46. The van der Waals surface area contributed by atoms with Crippen molar-refractivity contribution in [1.29, 1.82) is 0 Å². The summed E-state index contributed by atoms with van der Waals surface area (Å²) in [5.74, 6) is -2.47. The molecule has 2 rings (SSSR count). The molecule has 1 saturated heterocycles. The van der Waals surface area contributed by atoms with Crippen LogP contribution in [0.3, 0.4) is 0 Å². The van der Waals surface area contributed by atoms with Gasteiger partial charge in [0.1, 0.15) is 6.17 Å². The Morgan fingerprint density at radius 2 is 1.73 bits per heavy atom. The molecule has 0 aromatic rings. The highest BCUT2D eigenvalue weighted by atomic mass is 19.3. The second-order valence-electron chi connectivity index (χ2n) is 4.82. The molecule has 1 aliphatic carbocycles. The molecule has 0 bridgehead atoms. The van der Waals surface area contributed by atoms with Crippen LogP contribution in [0.1, 0.15) is 38.5 Å². The van der Waals surface area contributed by atoms with E-state index in [1.54, 1.807) is 0 Å². The van der Waals surface area contributed by atoms with Crippen LogP contribution in [-0.2, 0) is 0 Å². The topological polar surface area (TPSA) is 3.24 Å². The zero-order valence-electron chi connectivity index (χ0n) is 8.89. The van der Waals surface area contributed by atoms with Crippen molar-refractivity contribution in [2.24, 2.45) is 0 Å². The van der Waals surface area contributed by atoms with E-state index in [0.717, 1.165) is 13.0 Å². The molecule has 0 spiro atoms. The third-order valence-electron chi connectivity index (χ3n) is 3.60. The standard InChI is InChI=1S/C11H18F3N/c12-9-2-1-7-15(8-9)10-3-5-11(13,14)6-4-10/h9-10H,1-8H2. The largest absolute Gasteiger partial charge is 0.297 e. The highest BCUT2D eigenvalue weighted by Crippen LogP contribution is 2.35. The van der Waals surface area contributed by atoms with Crippen LogP contribution < -0.4 is 0 Å². The third kappa shape index (κ3) is 2.86. The average molecular weight is 221 g/mol. The Hall–Kier alpha value is -0.250. The van der Waals surface area contributed by atoms with Crippen molar-refractivity contribution in [3.63, 3.8) is 0 Å². The fourth-order valence-corrected chi connectivity index (χ4v) is 2.67. The Bertz CT molecular complexity index is 210. The molecule has 0 aromatic carbocycles. The molecule has 1 atom stereocenters. The lowest BCUT2D eigenvalue weighted by atomic mass is 9.90. The first kappa shape index (κ1) is 11.2. The first-order valence-corrected chi connectivity index (χ1v) is 5.83. The van der Waals surface area contributed by atoms with Crippen LogP contribution in [0.2, 0.25) is 0 Å². The number of halogens is 3. The van der Waals surface area contributed by atoms with E-state index in [2.05, 4.69) is 4.90 Å². The van der Waals surface area contributed by atoms with Gasteiger partial charge in [-0.05, 0) is 32.2 Å². The second-order valence-corrected chi connectivity index (χ2v) is 4.82. The van der Waals surface area contributed by atoms with E-state index < -0.39 is 12.1 Å². The molecular formula is C11H18F3N. The summed E-state index contributed by atoms with van der Waals surface area (Å²) < 4.78 is 39.0. The number of piperidine rings is 1. The van der Waals surface area contributed by atoms with E-state index in [9.17, 15) is 13.2 Å². The highest BCUT2D eigenvalue weighted by Gasteiger charge is 2.37. The zero-order chi connectivity index (χ0) is 10.9. The molecule has 1 unspecified atom stereocenters. The van der Waals surface area contributed by atoms with Crippen molar-refractivity contribution in [3.8, 4) is 0 Å². The fourth-order valence-electron chi connectivity index (χ4n) is 2.67. The van der Waals surface area contributed by atoms with Crippen LogP contribution in [0.5, 0.6) is 0 Å². The van der Waals surface area contributed by atoms with Crippen LogP contribution in [0, 0.1) is 0 Å². The van der Waals surface area contributed by atoms with Gasteiger partial charge in [-0.3, -0.25) is 4.90 Å². The smallest absolute Gasteiger partial charge is 0.248 e. The summed E-state index contributed by atoms with van der Waals surface area (Å²) in [6.07, 6.45) is 1.77. The predicted molar refractivity (Wildman–Crippen MR) is 52.9 cm³/mol. The van der Waals surface area contributed by atoms with E-state index in [-0.39, 0.29) is 18.9 Å². The number of alkyl halides is 3. The van der Waals surface area contributed by atoms with Crippen molar-refractivity contribution >= 4 is 0 Å². The van der Waals surface area contributed by atoms with Gasteiger partial charge in [-0.25, -0.2) is 13.2 Å². The Labute approximate surface area is 88.6 Å². The molecule has 88 valence electrons. The Morgan fingerprint density at radius 1 is 1.07 bits per heavy atom. The van der Waals surface area contributed by atoms with Gasteiger partial charge in [0, 0.05) is 25.4 Å². The average Bonchev–Trinajstić information content (AvgIpc) is 2.17. The van der Waals surface area contributed by atoms with E-state index in [0.29, 0.717) is 25.8 Å². The maximum absolute atomic E-state index is 13.2.